The number of nitrogens with two attached hydrogens (primary N) is 1. The second-order valence-corrected chi connectivity index (χ2v) is 11.3. The average Bonchev–Trinajstić information content (AvgIpc) is 3.38. The minimum absolute atomic E-state index is 0.103. The lowest BCUT2D eigenvalue weighted by Crippen LogP contribution is -2.51. The summed E-state index contributed by atoms with van der Waals surface area (Å²) in [6.07, 6.45) is 3.26. The van der Waals surface area contributed by atoms with Gasteiger partial charge in [0.15, 0.2) is 5.72 Å². The third-order valence-electron chi connectivity index (χ3n) is 7.00. The zero-order chi connectivity index (χ0) is 27.9. The molecule has 4 heterocycles. The van der Waals surface area contributed by atoms with Crippen LogP contribution in [0.4, 0.5) is 16.4 Å². The second-order valence-electron chi connectivity index (χ2n) is 11.3. The average molecular weight is 525 g/mol. The first kappa shape index (κ1) is 27.7. The van der Waals surface area contributed by atoms with E-state index in [-0.39, 0.29) is 5.92 Å². The van der Waals surface area contributed by atoms with Crippen LogP contribution in [-0.4, -0.2) is 70.7 Å². The van der Waals surface area contributed by atoms with Crippen LogP contribution >= 0.6 is 0 Å². The predicted molar refractivity (Wildman–Crippen MR) is 143 cm³/mol. The molecule has 2 aromatic heterocycles. The highest BCUT2D eigenvalue weighted by molar-refractivity contribution is 6.62. The van der Waals surface area contributed by atoms with Gasteiger partial charge < -0.3 is 29.8 Å². The van der Waals surface area contributed by atoms with Crippen LogP contribution in [0.3, 0.4) is 0 Å². The van der Waals surface area contributed by atoms with Crippen molar-refractivity contribution in [2.75, 3.05) is 24.7 Å². The van der Waals surface area contributed by atoms with Crippen molar-refractivity contribution in [3.63, 3.8) is 0 Å². The maximum Gasteiger partial charge on any atom is 0.497 e. The zero-order valence-corrected chi connectivity index (χ0v) is 23.0. The molecule has 0 bridgehead atoms. The number of nitrogen functional groups attached to an aromatic ring is 1. The molecule has 2 saturated heterocycles. The fraction of sp³-hybridized carbons (Fsp3) is 0.538. The summed E-state index contributed by atoms with van der Waals surface area (Å²) in [5.41, 5.74) is 5.09. The molecule has 2 aliphatic rings. The maximum atomic E-state index is 12.8. The van der Waals surface area contributed by atoms with Crippen LogP contribution in [0, 0.1) is 0 Å². The molecule has 0 aliphatic carbocycles. The molecule has 0 saturated carbocycles. The monoisotopic (exact) mass is 525 g/mol. The summed E-state index contributed by atoms with van der Waals surface area (Å²) in [7, 11) is 0.693. The summed E-state index contributed by atoms with van der Waals surface area (Å²) in [6, 6.07) is 6.59. The summed E-state index contributed by atoms with van der Waals surface area (Å²) in [5.74, 6) is 0.443. The number of anilines is 2. The van der Waals surface area contributed by atoms with Crippen molar-refractivity contribution in [1.82, 2.24) is 14.9 Å². The number of ether oxygens (including phenoxy) is 2. The number of pyridine rings is 2. The van der Waals surface area contributed by atoms with Gasteiger partial charge in [0.05, 0.1) is 12.7 Å². The molecule has 0 spiro atoms. The van der Waals surface area contributed by atoms with Gasteiger partial charge in [-0.25, -0.2) is 19.6 Å². The quantitative estimate of drug-likeness (QED) is 0.443. The van der Waals surface area contributed by atoms with E-state index in [9.17, 15) is 9.59 Å². The summed E-state index contributed by atoms with van der Waals surface area (Å²) in [4.78, 5) is 35.4. The lowest BCUT2D eigenvalue weighted by Gasteiger charge is -2.37. The third-order valence-corrected chi connectivity index (χ3v) is 7.00. The Morgan fingerprint density at radius 1 is 1.13 bits per heavy atom. The first-order valence-corrected chi connectivity index (χ1v) is 12.6. The van der Waals surface area contributed by atoms with Crippen molar-refractivity contribution in [1.29, 1.82) is 0 Å². The van der Waals surface area contributed by atoms with E-state index in [1.165, 1.54) is 12.0 Å². The van der Waals surface area contributed by atoms with E-state index >= 15 is 0 Å². The number of esters is 1. The number of nitrogens with zero attached hydrogens (tertiary/aromatic N) is 3. The second kappa shape index (κ2) is 10.1. The first-order valence-electron chi connectivity index (χ1n) is 12.6. The first-order chi connectivity index (χ1) is 17.7. The molecule has 11 nitrogen and oxygen atoms in total. The molecule has 2 aromatic rings. The van der Waals surface area contributed by atoms with Crippen molar-refractivity contribution >= 4 is 36.3 Å². The van der Waals surface area contributed by atoms with Gasteiger partial charge in [0.25, 0.3) is 0 Å². The number of amides is 1. The normalized spacial score (nSPS) is 24.8. The van der Waals surface area contributed by atoms with Crippen LogP contribution in [0.2, 0.25) is 0 Å². The Kier molecular flexibility index (Phi) is 7.33. The van der Waals surface area contributed by atoms with E-state index in [4.69, 9.17) is 24.5 Å². The highest BCUT2D eigenvalue weighted by atomic mass is 16.7. The fourth-order valence-corrected chi connectivity index (χ4v) is 4.56. The van der Waals surface area contributed by atoms with Crippen molar-refractivity contribution < 1.29 is 28.4 Å². The number of likely N-dealkylation sites (tertiary alicyclic amines) is 1. The van der Waals surface area contributed by atoms with Crippen LogP contribution in [0.1, 0.15) is 59.4 Å². The fourth-order valence-electron chi connectivity index (χ4n) is 4.56. The third kappa shape index (κ3) is 5.71. The minimum atomic E-state index is -0.898. The van der Waals surface area contributed by atoms with Gasteiger partial charge in [-0.05, 0) is 65.7 Å². The van der Waals surface area contributed by atoms with E-state index < -0.39 is 42.1 Å². The zero-order valence-electron chi connectivity index (χ0n) is 23.0. The molecule has 4 rings (SSSR count). The van der Waals surface area contributed by atoms with E-state index in [1.807, 2.05) is 39.0 Å². The number of carbonyl (C=O) groups excluding carboxylic acids is 2. The maximum absolute atomic E-state index is 12.8. The molecule has 1 unspecified atom stereocenters. The molecule has 38 heavy (non-hydrogen) atoms. The molecule has 0 radical (unpaired) electrons. The largest absolute Gasteiger partial charge is 0.497 e. The lowest BCUT2D eigenvalue weighted by atomic mass is 9.80. The van der Waals surface area contributed by atoms with Crippen LogP contribution in [0.25, 0.3) is 0 Å². The SMILES string of the molecule is COC(=O)[C@@H]1C[C@H](c2ccc(NC3(C)OB(c4ccc(N)nc4)OC3(C)C)nc2)CN1C(=O)OC(C)(C)C. The molecule has 12 heteroatoms. The summed E-state index contributed by atoms with van der Waals surface area (Å²) in [5, 5.41) is 3.36. The number of carbonyl (C=O) groups is 2. The van der Waals surface area contributed by atoms with Crippen molar-refractivity contribution in [2.24, 2.45) is 0 Å². The van der Waals surface area contributed by atoms with E-state index in [0.29, 0.717) is 24.6 Å². The Labute approximate surface area is 223 Å². The van der Waals surface area contributed by atoms with Crippen LogP contribution in [-0.2, 0) is 23.6 Å². The molecule has 2 fully saturated rings. The van der Waals surface area contributed by atoms with Crippen molar-refractivity contribution in [3.05, 3.63) is 42.2 Å². The number of nitrogens with one attached hydrogen (secondary N) is 1. The molecular weight excluding hydrogens is 489 g/mol. The number of methoxy groups -OCH3 is 1. The Morgan fingerprint density at radius 2 is 1.87 bits per heavy atom. The molecule has 3 atom stereocenters. The minimum Gasteiger partial charge on any atom is -0.467 e. The number of aromatic nitrogens is 2. The Hall–Kier alpha value is -3.38. The Balaban J connectivity index is 1.47. The van der Waals surface area contributed by atoms with Gasteiger partial charge in [0.2, 0.25) is 0 Å². The van der Waals surface area contributed by atoms with Crippen molar-refractivity contribution in [2.45, 2.75) is 76.9 Å². The van der Waals surface area contributed by atoms with Gasteiger partial charge in [-0.1, -0.05) is 12.1 Å². The smallest absolute Gasteiger partial charge is 0.467 e. The Morgan fingerprint density at radius 3 is 2.45 bits per heavy atom. The summed E-state index contributed by atoms with van der Waals surface area (Å²) >= 11 is 0. The van der Waals surface area contributed by atoms with Gasteiger partial charge in [-0.3, -0.25) is 4.90 Å². The molecule has 204 valence electrons. The predicted octanol–water partition coefficient (Wildman–Crippen LogP) is 2.67. The van der Waals surface area contributed by atoms with Crippen LogP contribution < -0.4 is 16.5 Å². The molecule has 0 aromatic carbocycles. The van der Waals surface area contributed by atoms with Gasteiger partial charge in [0, 0.05) is 30.3 Å². The molecule has 2 aliphatic heterocycles. The van der Waals surface area contributed by atoms with Gasteiger partial charge in [-0.2, -0.15) is 0 Å². The van der Waals surface area contributed by atoms with Gasteiger partial charge >= 0.3 is 19.2 Å². The van der Waals surface area contributed by atoms with Crippen LogP contribution in [0.15, 0.2) is 36.7 Å². The van der Waals surface area contributed by atoms with E-state index in [0.717, 1.165) is 11.0 Å². The van der Waals surface area contributed by atoms with Crippen molar-refractivity contribution in [3.8, 4) is 0 Å². The lowest BCUT2D eigenvalue weighted by molar-refractivity contribution is -0.145. The van der Waals surface area contributed by atoms with Gasteiger partial charge in [-0.15, -0.1) is 0 Å². The highest BCUT2D eigenvalue weighted by Gasteiger charge is 2.55. The number of hydrogen-bond acceptors (Lipinski definition) is 10. The van der Waals surface area contributed by atoms with Crippen LogP contribution in [0.5, 0.6) is 0 Å². The number of hydrogen-bond donors (Lipinski definition) is 2. The highest BCUT2D eigenvalue weighted by Crippen LogP contribution is 2.38. The van der Waals surface area contributed by atoms with Gasteiger partial charge in [0.1, 0.15) is 23.3 Å². The molecular formula is C26H36BN5O6. The standard InChI is InChI=1S/C26H36BN5O6/c1-24(2,3)36-23(34)32-15-17(12-19(32)22(33)35-7)16-8-11-21(30-13-16)31-26(6)25(4,5)37-27(38-26)18-9-10-20(28)29-14-18/h8-11,13-14,17,19H,12,15H2,1-7H3,(H2,28,29)(H,30,31)/t17-,19-,26?/m0/s1. The molecule has 3 N–H and O–H groups in total. The summed E-state index contributed by atoms with van der Waals surface area (Å²) < 4.78 is 23.0. The topological polar surface area (TPSA) is 138 Å². The summed E-state index contributed by atoms with van der Waals surface area (Å²) in [6.45, 7) is 11.5. The van der Waals surface area contributed by atoms with E-state index in [2.05, 4.69) is 15.3 Å². The van der Waals surface area contributed by atoms with E-state index in [1.54, 1.807) is 39.2 Å². The molecule has 1 amide bonds. The Bertz CT molecular complexity index is 1170. The number of rotatable bonds is 5.